The maximum atomic E-state index is 11.3. The molecular formula is C13H16O4. The molecule has 17 heavy (non-hydrogen) atoms. The normalized spacial score (nSPS) is 9.59. The van der Waals surface area contributed by atoms with Crippen LogP contribution in [0, 0.1) is 0 Å². The Kier molecular flexibility index (Phi) is 4.57. The van der Waals surface area contributed by atoms with Crippen LogP contribution in [0.5, 0.6) is 17.2 Å². The first-order valence-corrected chi connectivity index (χ1v) is 5.14. The Morgan fingerprint density at radius 2 is 1.82 bits per heavy atom. The van der Waals surface area contributed by atoms with Gasteiger partial charge in [-0.2, -0.15) is 0 Å². The lowest BCUT2D eigenvalue weighted by molar-refractivity contribution is 0.101. The van der Waals surface area contributed by atoms with E-state index in [4.69, 9.17) is 14.2 Å². The highest BCUT2D eigenvalue weighted by molar-refractivity contribution is 5.95. The molecule has 0 heterocycles. The van der Waals surface area contributed by atoms with Crippen molar-refractivity contribution in [3.8, 4) is 17.2 Å². The number of methoxy groups -OCH3 is 2. The molecule has 1 rings (SSSR count). The van der Waals surface area contributed by atoms with Crippen molar-refractivity contribution >= 4 is 5.78 Å². The minimum Gasteiger partial charge on any atom is -0.493 e. The first kappa shape index (κ1) is 13.1. The van der Waals surface area contributed by atoms with Crippen molar-refractivity contribution in [2.45, 2.75) is 6.92 Å². The highest BCUT2D eigenvalue weighted by atomic mass is 16.5. The van der Waals surface area contributed by atoms with Crippen LogP contribution in [0.25, 0.3) is 0 Å². The fraction of sp³-hybridized carbons (Fsp3) is 0.308. The molecule has 0 fully saturated rings. The molecule has 0 spiro atoms. The van der Waals surface area contributed by atoms with Crippen LogP contribution in [-0.4, -0.2) is 26.6 Å². The fourth-order valence-corrected chi connectivity index (χ4v) is 1.37. The highest BCUT2D eigenvalue weighted by Gasteiger charge is 2.15. The fourth-order valence-electron chi connectivity index (χ4n) is 1.37. The number of ketones is 1. The van der Waals surface area contributed by atoms with Crippen molar-refractivity contribution in [1.82, 2.24) is 0 Å². The third kappa shape index (κ3) is 3.00. The Morgan fingerprint density at radius 1 is 1.29 bits per heavy atom. The van der Waals surface area contributed by atoms with Crippen LogP contribution in [0.1, 0.15) is 17.3 Å². The zero-order chi connectivity index (χ0) is 12.8. The Hall–Kier alpha value is -1.97. The van der Waals surface area contributed by atoms with Crippen LogP contribution < -0.4 is 14.2 Å². The van der Waals surface area contributed by atoms with E-state index in [0.29, 0.717) is 29.4 Å². The molecule has 0 aromatic heterocycles. The van der Waals surface area contributed by atoms with E-state index in [0.717, 1.165) is 0 Å². The van der Waals surface area contributed by atoms with E-state index in [-0.39, 0.29) is 5.78 Å². The predicted molar refractivity (Wildman–Crippen MR) is 65.2 cm³/mol. The summed E-state index contributed by atoms with van der Waals surface area (Å²) >= 11 is 0. The molecule has 0 N–H and O–H groups in total. The lowest BCUT2D eigenvalue weighted by atomic mass is 10.1. The van der Waals surface area contributed by atoms with E-state index >= 15 is 0 Å². The second-order valence-electron chi connectivity index (χ2n) is 3.37. The Balaban J connectivity index is 3.25. The van der Waals surface area contributed by atoms with Gasteiger partial charge in [0.05, 0.1) is 14.2 Å². The predicted octanol–water partition coefficient (Wildman–Crippen LogP) is 2.47. The van der Waals surface area contributed by atoms with Crippen molar-refractivity contribution < 1.29 is 19.0 Å². The van der Waals surface area contributed by atoms with Gasteiger partial charge in [-0.15, -0.1) is 0 Å². The molecule has 1 aromatic rings. The summed E-state index contributed by atoms with van der Waals surface area (Å²) in [6.07, 6.45) is 1.62. The summed E-state index contributed by atoms with van der Waals surface area (Å²) in [5, 5.41) is 0. The summed E-state index contributed by atoms with van der Waals surface area (Å²) in [5.41, 5.74) is 0.518. The molecule has 4 heteroatoms. The average molecular weight is 236 g/mol. The number of carbonyl (C=O) groups is 1. The van der Waals surface area contributed by atoms with E-state index < -0.39 is 0 Å². The topological polar surface area (TPSA) is 44.8 Å². The summed E-state index contributed by atoms with van der Waals surface area (Å²) in [6.45, 7) is 5.40. The quantitative estimate of drug-likeness (QED) is 0.562. The standard InChI is InChI=1S/C13H16O4/c1-5-6-17-13-11(15-3)7-10(9(2)14)8-12(13)16-4/h5,7-8H,1,6H2,2-4H3. The molecule has 4 nitrogen and oxygen atoms in total. The molecule has 0 amide bonds. The molecular weight excluding hydrogens is 220 g/mol. The van der Waals surface area contributed by atoms with Gasteiger partial charge in [0.2, 0.25) is 5.75 Å². The summed E-state index contributed by atoms with van der Waals surface area (Å²) in [6, 6.07) is 3.26. The van der Waals surface area contributed by atoms with Gasteiger partial charge in [0.25, 0.3) is 0 Å². The second kappa shape index (κ2) is 5.94. The third-order valence-electron chi connectivity index (χ3n) is 2.21. The first-order chi connectivity index (χ1) is 8.13. The number of carbonyl (C=O) groups excluding carboxylic acids is 1. The number of Topliss-reactive ketones (excluding diaryl/α,β-unsaturated/α-hetero) is 1. The van der Waals surface area contributed by atoms with Crippen molar-refractivity contribution in [2.24, 2.45) is 0 Å². The Morgan fingerprint density at radius 3 is 2.18 bits per heavy atom. The van der Waals surface area contributed by atoms with Gasteiger partial charge in [0.15, 0.2) is 17.3 Å². The van der Waals surface area contributed by atoms with Crippen molar-refractivity contribution in [3.63, 3.8) is 0 Å². The van der Waals surface area contributed by atoms with Gasteiger partial charge >= 0.3 is 0 Å². The highest BCUT2D eigenvalue weighted by Crippen LogP contribution is 2.38. The smallest absolute Gasteiger partial charge is 0.203 e. The third-order valence-corrected chi connectivity index (χ3v) is 2.21. The first-order valence-electron chi connectivity index (χ1n) is 5.14. The largest absolute Gasteiger partial charge is 0.493 e. The molecule has 0 unspecified atom stereocenters. The molecule has 0 saturated heterocycles. The van der Waals surface area contributed by atoms with Crippen molar-refractivity contribution in [1.29, 1.82) is 0 Å². The van der Waals surface area contributed by atoms with Gasteiger partial charge in [0, 0.05) is 5.56 Å². The van der Waals surface area contributed by atoms with Crippen molar-refractivity contribution in [2.75, 3.05) is 20.8 Å². The molecule has 0 saturated carbocycles. The van der Waals surface area contributed by atoms with Gasteiger partial charge < -0.3 is 14.2 Å². The maximum absolute atomic E-state index is 11.3. The van der Waals surface area contributed by atoms with Crippen molar-refractivity contribution in [3.05, 3.63) is 30.4 Å². The van der Waals surface area contributed by atoms with Gasteiger partial charge in [0.1, 0.15) is 6.61 Å². The number of benzene rings is 1. The number of hydrogen-bond acceptors (Lipinski definition) is 4. The number of ether oxygens (including phenoxy) is 3. The summed E-state index contributed by atoms with van der Waals surface area (Å²) < 4.78 is 15.8. The van der Waals surface area contributed by atoms with Gasteiger partial charge in [-0.3, -0.25) is 4.79 Å². The van der Waals surface area contributed by atoms with E-state index in [1.807, 2.05) is 0 Å². The lowest BCUT2D eigenvalue weighted by Gasteiger charge is -2.14. The molecule has 0 aliphatic carbocycles. The minimum atomic E-state index is -0.0585. The maximum Gasteiger partial charge on any atom is 0.203 e. The lowest BCUT2D eigenvalue weighted by Crippen LogP contribution is -2.02. The van der Waals surface area contributed by atoms with Crippen LogP contribution in [-0.2, 0) is 0 Å². The average Bonchev–Trinajstić information content (AvgIpc) is 2.34. The molecule has 0 aliphatic heterocycles. The molecule has 92 valence electrons. The van der Waals surface area contributed by atoms with E-state index in [1.54, 1.807) is 18.2 Å². The SMILES string of the molecule is C=CCOc1c(OC)cc(C(C)=O)cc1OC. The van der Waals surface area contributed by atoms with Crippen LogP contribution >= 0.6 is 0 Å². The van der Waals surface area contributed by atoms with Crippen LogP contribution in [0.3, 0.4) is 0 Å². The Labute approximate surface area is 101 Å². The van der Waals surface area contributed by atoms with E-state index in [2.05, 4.69) is 6.58 Å². The molecule has 0 aliphatic rings. The summed E-state index contributed by atoms with van der Waals surface area (Å²) in [4.78, 5) is 11.3. The van der Waals surface area contributed by atoms with E-state index in [9.17, 15) is 4.79 Å². The second-order valence-corrected chi connectivity index (χ2v) is 3.37. The molecule has 0 atom stereocenters. The van der Waals surface area contributed by atoms with E-state index in [1.165, 1.54) is 21.1 Å². The van der Waals surface area contributed by atoms with Crippen LogP contribution in [0.4, 0.5) is 0 Å². The Bertz CT molecular complexity index is 398. The van der Waals surface area contributed by atoms with Gasteiger partial charge in [-0.1, -0.05) is 12.7 Å². The van der Waals surface area contributed by atoms with Gasteiger partial charge in [-0.05, 0) is 19.1 Å². The van der Waals surface area contributed by atoms with Crippen LogP contribution in [0.15, 0.2) is 24.8 Å². The number of hydrogen-bond donors (Lipinski definition) is 0. The minimum absolute atomic E-state index is 0.0585. The zero-order valence-electron chi connectivity index (χ0n) is 10.3. The summed E-state index contributed by atoms with van der Waals surface area (Å²) in [5.74, 6) is 1.35. The number of rotatable bonds is 6. The molecule has 1 aromatic carbocycles. The zero-order valence-corrected chi connectivity index (χ0v) is 10.3. The summed E-state index contributed by atoms with van der Waals surface area (Å²) in [7, 11) is 3.03. The van der Waals surface area contributed by atoms with Gasteiger partial charge in [-0.25, -0.2) is 0 Å². The van der Waals surface area contributed by atoms with Crippen LogP contribution in [0.2, 0.25) is 0 Å². The molecule has 0 radical (unpaired) electrons. The monoisotopic (exact) mass is 236 g/mol. The molecule has 0 bridgehead atoms.